The maximum absolute atomic E-state index is 13.5. The molecule has 3 aliphatic rings. The van der Waals surface area contributed by atoms with Crippen LogP contribution in [0.5, 0.6) is 11.5 Å². The number of anilines is 4. The van der Waals surface area contributed by atoms with Gasteiger partial charge in [-0.1, -0.05) is 32.4 Å². The van der Waals surface area contributed by atoms with E-state index in [2.05, 4.69) is 36.9 Å². The van der Waals surface area contributed by atoms with E-state index in [-0.39, 0.29) is 67.0 Å². The number of nitrogens with zero attached hydrogens (tertiary/aromatic N) is 5. The number of unbranched alkanes of at least 4 members (excludes halogenated alkanes) is 2. The van der Waals surface area contributed by atoms with Gasteiger partial charge >= 0.3 is 0 Å². The van der Waals surface area contributed by atoms with Gasteiger partial charge in [-0.3, -0.25) is 48.2 Å². The predicted octanol–water partition coefficient (Wildman–Crippen LogP) is 6.91. The van der Waals surface area contributed by atoms with Crippen LogP contribution in [0.4, 0.5) is 28.4 Å². The zero-order valence-electron chi connectivity index (χ0n) is 47.0. The van der Waals surface area contributed by atoms with Gasteiger partial charge in [-0.25, -0.2) is 0 Å². The lowest BCUT2D eigenvalue weighted by Gasteiger charge is -2.32. The largest absolute Gasteiger partial charge is 0.493 e. The van der Waals surface area contributed by atoms with E-state index < -0.39 is 30.1 Å². The minimum atomic E-state index is -0.949. The number of aryl methyl sites for hydroxylation is 2. The summed E-state index contributed by atoms with van der Waals surface area (Å²) in [6.45, 7) is 6.34. The number of carbonyl (C=O) groups is 8. The first-order valence-corrected chi connectivity index (χ1v) is 27.6. The standard InChI is InChI=1S/C60H71N11O11/c1-36(2)55(67-52(73)14-8-7-10-27-71-53(74)24-25-54(71)75)59(79)62-37(3)56(76)64-41-20-22-42(23-21-41)66-57(77)47-29-39(34-68(47)4)38-16-18-40(19-17-38)65-58(78)48-30-43(35-69(48)5)63-51(72)15-12-28-82-50-32-46-45(31-49(50)81-6)60(80)70-26-11-9-13-44(70)33-61-46/h16-25,29-37,44,51,55,63,72H,7-15,26-28H2,1-6H3,(H,62,79)(H,64,76)(H,65,78)(H,66,77)(H,67,73)/t37-,44-,51?,55-/m0/s1. The molecule has 5 heterocycles. The molecule has 22 heteroatoms. The number of aliphatic imine (C=N–C) groups is 1. The Morgan fingerprint density at radius 2 is 1.35 bits per heavy atom. The number of hydrogen-bond donors (Lipinski definition) is 7. The molecule has 2 aromatic heterocycles. The highest BCUT2D eigenvalue weighted by Crippen LogP contribution is 2.38. The molecule has 432 valence electrons. The van der Waals surface area contributed by atoms with E-state index in [1.54, 1.807) is 104 Å². The quantitative estimate of drug-likeness (QED) is 0.0178. The van der Waals surface area contributed by atoms with Crippen LogP contribution in [0.15, 0.2) is 102 Å². The first-order chi connectivity index (χ1) is 39.3. The van der Waals surface area contributed by atoms with Gasteiger partial charge in [0.2, 0.25) is 17.7 Å². The molecule has 0 saturated carbocycles. The molecule has 7 N–H and O–H groups in total. The Bertz CT molecular complexity index is 3240. The monoisotopic (exact) mass is 1120 g/mol. The SMILES string of the molecule is COc1cc2c(cc1OCCCC(O)Nc1cc(C(=O)Nc3ccc(-c4cc(C(=O)Nc5ccc(NC(=O)[C@H](C)NC(=O)[C@@H](NC(=O)CCCCCN6C(=O)C=CC6=O)C(C)C)cc5)n(C)c4)cc3)n(C)c1)N=C[C@@H]1CCCCN1C2=O. The Balaban J connectivity index is 0.751. The number of piperidine rings is 1. The molecule has 0 bridgehead atoms. The highest BCUT2D eigenvalue weighted by Gasteiger charge is 2.32. The van der Waals surface area contributed by atoms with Crippen molar-refractivity contribution in [2.75, 3.05) is 48.1 Å². The van der Waals surface area contributed by atoms with Crippen LogP contribution in [0.2, 0.25) is 0 Å². The van der Waals surface area contributed by atoms with Crippen molar-refractivity contribution in [2.24, 2.45) is 25.0 Å². The lowest BCUT2D eigenvalue weighted by molar-refractivity contribution is -0.137. The van der Waals surface area contributed by atoms with Gasteiger partial charge < -0.3 is 60.5 Å². The minimum absolute atomic E-state index is 0.0209. The molecule has 4 atom stereocenters. The number of methoxy groups -OCH3 is 1. The second kappa shape index (κ2) is 26.9. The second-order valence-electron chi connectivity index (χ2n) is 21.0. The fourth-order valence-corrected chi connectivity index (χ4v) is 9.88. The zero-order valence-corrected chi connectivity index (χ0v) is 47.0. The van der Waals surface area contributed by atoms with Crippen LogP contribution in [0.3, 0.4) is 0 Å². The third kappa shape index (κ3) is 14.8. The summed E-state index contributed by atoms with van der Waals surface area (Å²) < 4.78 is 15.0. The third-order valence-electron chi connectivity index (χ3n) is 14.5. The van der Waals surface area contributed by atoms with E-state index in [0.29, 0.717) is 95.5 Å². The molecule has 8 rings (SSSR count). The Morgan fingerprint density at radius 1 is 0.707 bits per heavy atom. The van der Waals surface area contributed by atoms with Crippen molar-refractivity contribution in [1.29, 1.82) is 0 Å². The number of benzene rings is 3. The Morgan fingerprint density at radius 3 is 2.02 bits per heavy atom. The average molecular weight is 1120 g/mol. The number of nitrogens with one attached hydrogen (secondary N) is 6. The smallest absolute Gasteiger partial charge is 0.272 e. The molecular weight excluding hydrogens is 1050 g/mol. The number of rotatable bonds is 25. The summed E-state index contributed by atoms with van der Waals surface area (Å²) in [6, 6.07) is 18.7. The van der Waals surface area contributed by atoms with Gasteiger partial charge in [0.05, 0.1) is 36.7 Å². The predicted molar refractivity (Wildman–Crippen MR) is 310 cm³/mol. The average Bonchev–Trinajstić information content (AvgIpc) is 4.18. The van der Waals surface area contributed by atoms with Crippen LogP contribution < -0.4 is 41.4 Å². The lowest BCUT2D eigenvalue weighted by Crippen LogP contribution is -2.53. The molecule has 5 aromatic rings. The van der Waals surface area contributed by atoms with Gasteiger partial charge in [0.1, 0.15) is 29.7 Å². The maximum atomic E-state index is 13.5. The molecule has 0 spiro atoms. The molecule has 1 unspecified atom stereocenters. The highest BCUT2D eigenvalue weighted by atomic mass is 16.5. The number of amides is 8. The van der Waals surface area contributed by atoms with Crippen molar-refractivity contribution in [3.05, 3.63) is 114 Å². The third-order valence-corrected chi connectivity index (χ3v) is 14.5. The first kappa shape index (κ1) is 59.1. The number of ether oxygens (including phenoxy) is 2. The van der Waals surface area contributed by atoms with Gasteiger partial charge in [0, 0.05) is 93.1 Å². The van der Waals surface area contributed by atoms with Gasteiger partial charge in [-0.15, -0.1) is 0 Å². The molecule has 3 aliphatic heterocycles. The Hall–Kier alpha value is -9.05. The fourth-order valence-electron chi connectivity index (χ4n) is 9.88. The summed E-state index contributed by atoms with van der Waals surface area (Å²) >= 11 is 0. The second-order valence-corrected chi connectivity index (χ2v) is 21.0. The molecule has 1 saturated heterocycles. The van der Waals surface area contributed by atoms with E-state index in [1.807, 2.05) is 29.4 Å². The maximum Gasteiger partial charge on any atom is 0.272 e. The van der Waals surface area contributed by atoms with E-state index in [1.165, 1.54) is 26.2 Å². The van der Waals surface area contributed by atoms with Crippen LogP contribution in [-0.2, 0) is 38.1 Å². The first-order valence-electron chi connectivity index (χ1n) is 27.6. The number of imide groups is 1. The number of carbonyl (C=O) groups excluding carboxylic acids is 8. The van der Waals surface area contributed by atoms with Gasteiger partial charge in [0.25, 0.3) is 29.5 Å². The number of fused-ring (bicyclic) bond motifs is 2. The molecule has 1 fully saturated rings. The van der Waals surface area contributed by atoms with E-state index in [0.717, 1.165) is 35.3 Å². The molecule has 0 radical (unpaired) electrons. The molecule has 8 amide bonds. The van der Waals surface area contributed by atoms with E-state index >= 15 is 0 Å². The minimum Gasteiger partial charge on any atom is -0.493 e. The van der Waals surface area contributed by atoms with E-state index in [9.17, 15) is 43.5 Å². The van der Waals surface area contributed by atoms with Crippen molar-refractivity contribution in [2.45, 2.75) is 103 Å². The Labute approximate surface area is 475 Å². The normalized spacial score (nSPS) is 15.7. The summed E-state index contributed by atoms with van der Waals surface area (Å²) in [5.41, 5.74) is 5.34. The summed E-state index contributed by atoms with van der Waals surface area (Å²) in [5.74, 6) is -2.18. The van der Waals surface area contributed by atoms with Crippen molar-refractivity contribution in [3.63, 3.8) is 0 Å². The van der Waals surface area contributed by atoms with Crippen molar-refractivity contribution in [1.82, 2.24) is 29.6 Å². The number of hydrogen-bond acceptors (Lipinski definition) is 13. The van der Waals surface area contributed by atoms with Crippen LogP contribution in [-0.4, -0.2) is 129 Å². The fraction of sp³-hybridized carbons (Fsp3) is 0.383. The summed E-state index contributed by atoms with van der Waals surface area (Å²) in [7, 11) is 5.02. The van der Waals surface area contributed by atoms with Crippen molar-refractivity contribution >= 4 is 81.9 Å². The van der Waals surface area contributed by atoms with Gasteiger partial charge in [0.15, 0.2) is 11.5 Å². The van der Waals surface area contributed by atoms with Crippen LogP contribution in [0.25, 0.3) is 11.1 Å². The molecule has 22 nitrogen and oxygen atoms in total. The van der Waals surface area contributed by atoms with Gasteiger partial charge in [-0.05, 0) is 118 Å². The number of aromatic nitrogens is 2. The topological polar surface area (TPSA) is 276 Å². The molecule has 0 aliphatic carbocycles. The zero-order chi connectivity index (χ0) is 58.6. The highest BCUT2D eigenvalue weighted by molar-refractivity contribution is 6.13. The summed E-state index contributed by atoms with van der Waals surface area (Å²) in [4.78, 5) is 110. The van der Waals surface area contributed by atoms with E-state index in [4.69, 9.17) is 9.47 Å². The number of aliphatic hydroxyl groups is 1. The summed E-state index contributed by atoms with van der Waals surface area (Å²) in [5, 5.41) is 27.9. The van der Waals surface area contributed by atoms with Crippen LogP contribution in [0.1, 0.15) is 110 Å². The number of aliphatic hydroxyl groups excluding tert-OH is 1. The molecular formula is C60H71N11O11. The van der Waals surface area contributed by atoms with Gasteiger partial charge in [-0.2, -0.15) is 0 Å². The van der Waals surface area contributed by atoms with Crippen molar-refractivity contribution in [3.8, 4) is 22.6 Å². The summed E-state index contributed by atoms with van der Waals surface area (Å²) in [6.07, 6.45) is 12.5. The van der Waals surface area contributed by atoms with Crippen molar-refractivity contribution < 1.29 is 52.9 Å². The lowest BCUT2D eigenvalue weighted by atomic mass is 10.0. The molecule has 82 heavy (non-hydrogen) atoms. The van der Waals surface area contributed by atoms with Crippen LogP contribution in [0, 0.1) is 5.92 Å². The Kier molecular flexibility index (Phi) is 19.4. The van der Waals surface area contributed by atoms with Crippen LogP contribution >= 0.6 is 0 Å². The molecule has 3 aromatic carbocycles.